The molecular formula is C41H46N2O9. The molecule has 2 aromatic rings. The fraction of sp³-hybridized carbons (Fsp3) is 0.439. The van der Waals surface area contributed by atoms with Gasteiger partial charge < -0.3 is 30.4 Å². The van der Waals surface area contributed by atoms with Gasteiger partial charge in [0.2, 0.25) is 0 Å². The lowest BCUT2D eigenvalue weighted by atomic mass is 9.59. The molecule has 0 aliphatic heterocycles. The summed E-state index contributed by atoms with van der Waals surface area (Å²) in [7, 11) is 0. The molecule has 4 aliphatic rings. The van der Waals surface area contributed by atoms with Crippen LogP contribution in [0.4, 0.5) is 11.4 Å². The third-order valence-corrected chi connectivity index (χ3v) is 11.9. The minimum Gasteiger partial charge on any atom is -0.458 e. The number of ketones is 1. The van der Waals surface area contributed by atoms with Crippen molar-refractivity contribution in [3.63, 3.8) is 0 Å². The Morgan fingerprint density at radius 3 is 2.31 bits per heavy atom. The van der Waals surface area contributed by atoms with Gasteiger partial charge in [-0.25, -0.2) is 9.59 Å². The Morgan fingerprint density at radius 2 is 1.65 bits per heavy atom. The number of hydrogen-bond acceptors (Lipinski definition) is 10. The maximum absolute atomic E-state index is 15.1. The lowest BCUT2D eigenvalue weighted by Crippen LogP contribution is -2.66. The number of carbonyl (C=O) groups excluding carboxylic acids is 5. The lowest BCUT2D eigenvalue weighted by Gasteiger charge is -2.49. The number of esters is 3. The number of anilines is 2. The number of rotatable bonds is 8. The average Bonchev–Trinajstić information content (AvgIpc) is 3.59. The predicted molar refractivity (Wildman–Crippen MR) is 193 cm³/mol. The summed E-state index contributed by atoms with van der Waals surface area (Å²) in [4.78, 5) is 68.3. The van der Waals surface area contributed by atoms with Crippen LogP contribution in [0.5, 0.6) is 0 Å². The molecule has 0 saturated heterocycles. The van der Waals surface area contributed by atoms with Crippen LogP contribution in [0.1, 0.15) is 75.6 Å². The molecule has 4 N–H and O–H groups in total. The first kappa shape index (κ1) is 36.8. The largest absolute Gasteiger partial charge is 0.458 e. The predicted octanol–water partition coefficient (Wildman–Crippen LogP) is 5.60. The Kier molecular flexibility index (Phi) is 9.32. The van der Waals surface area contributed by atoms with Gasteiger partial charge in [0.25, 0.3) is 5.91 Å². The molecule has 11 nitrogen and oxygen atoms in total. The highest BCUT2D eigenvalue weighted by Gasteiger charge is 2.77. The number of aliphatic hydroxyl groups is 1. The van der Waals surface area contributed by atoms with Crippen LogP contribution >= 0.6 is 0 Å². The van der Waals surface area contributed by atoms with E-state index in [4.69, 9.17) is 19.9 Å². The number of nitrogens with one attached hydrogen (secondary N) is 1. The van der Waals surface area contributed by atoms with Crippen LogP contribution in [0.3, 0.4) is 0 Å². The van der Waals surface area contributed by atoms with E-state index in [0.29, 0.717) is 17.6 Å². The highest BCUT2D eigenvalue weighted by molar-refractivity contribution is 6.10. The summed E-state index contributed by atoms with van der Waals surface area (Å²) in [5.74, 6) is -4.17. The molecule has 6 rings (SSSR count). The van der Waals surface area contributed by atoms with E-state index in [9.17, 15) is 24.3 Å². The molecule has 2 saturated carbocycles. The molecule has 52 heavy (non-hydrogen) atoms. The zero-order valence-corrected chi connectivity index (χ0v) is 30.5. The molecule has 1 spiro atoms. The van der Waals surface area contributed by atoms with Crippen LogP contribution in [-0.2, 0) is 28.6 Å². The number of carbonyl (C=O) groups is 5. The van der Waals surface area contributed by atoms with Gasteiger partial charge in [-0.15, -0.1) is 0 Å². The van der Waals surface area contributed by atoms with Crippen LogP contribution in [0.2, 0.25) is 0 Å². The normalized spacial score (nSPS) is 31.4. The maximum atomic E-state index is 15.1. The van der Waals surface area contributed by atoms with Crippen LogP contribution in [0, 0.1) is 34.5 Å². The van der Waals surface area contributed by atoms with Crippen molar-refractivity contribution in [3.8, 4) is 0 Å². The van der Waals surface area contributed by atoms with Gasteiger partial charge in [0.05, 0.1) is 22.2 Å². The van der Waals surface area contributed by atoms with E-state index in [0.717, 1.165) is 0 Å². The van der Waals surface area contributed by atoms with Gasteiger partial charge in [-0.1, -0.05) is 63.3 Å². The molecule has 0 aromatic heterocycles. The number of hydrogen-bond donors (Lipinski definition) is 3. The maximum Gasteiger partial charge on any atom is 0.340 e. The standard InChI is InChI=1S/C41H46N2O9/c1-8-21(2)37(47)50-20-25-18-28-32-29(39(32,6)7)17-23(4)40(33(28)45)19-22(3)34(41(40,49)35(25)51-24(5)44)52-38(48)27-14-10-12-16-31(27)43-36(46)26-13-9-11-15-30(26)42/h8-16,18-19,23,28-29,32,34-35,49H,17,20,42H2,1-7H3,(H,43,46)/b21-8-/t23-,28-,29-,32+,34+,35-,40+,41-/m1/s1. The molecule has 274 valence electrons. The summed E-state index contributed by atoms with van der Waals surface area (Å²) in [6.45, 7) is 11.9. The van der Waals surface area contributed by atoms with Gasteiger partial charge in [0, 0.05) is 29.7 Å². The summed E-state index contributed by atoms with van der Waals surface area (Å²) in [6.07, 6.45) is 2.57. The van der Waals surface area contributed by atoms with Crippen molar-refractivity contribution in [2.45, 2.75) is 72.7 Å². The second-order valence-corrected chi connectivity index (χ2v) is 15.2. The van der Waals surface area contributed by atoms with Crippen molar-refractivity contribution in [2.24, 2.45) is 34.5 Å². The van der Waals surface area contributed by atoms with Crippen molar-refractivity contribution < 1.29 is 43.3 Å². The van der Waals surface area contributed by atoms with Crippen molar-refractivity contribution >= 4 is 41.0 Å². The first-order valence-corrected chi connectivity index (χ1v) is 17.6. The van der Waals surface area contributed by atoms with Crippen molar-refractivity contribution in [3.05, 3.63) is 94.6 Å². The van der Waals surface area contributed by atoms with Gasteiger partial charge >= 0.3 is 17.9 Å². The fourth-order valence-corrected chi connectivity index (χ4v) is 9.11. The summed E-state index contributed by atoms with van der Waals surface area (Å²) in [5, 5.41) is 16.1. The van der Waals surface area contributed by atoms with E-state index in [-0.39, 0.29) is 57.7 Å². The van der Waals surface area contributed by atoms with Gasteiger partial charge in [0.15, 0.2) is 23.6 Å². The fourth-order valence-electron chi connectivity index (χ4n) is 9.11. The summed E-state index contributed by atoms with van der Waals surface area (Å²) in [5.41, 5.74) is 3.39. The monoisotopic (exact) mass is 710 g/mol. The summed E-state index contributed by atoms with van der Waals surface area (Å²) in [6, 6.07) is 12.7. The zero-order chi connectivity index (χ0) is 37.9. The van der Waals surface area contributed by atoms with Gasteiger partial charge in [0.1, 0.15) is 6.61 Å². The second-order valence-electron chi connectivity index (χ2n) is 15.2. The number of fused-ring (bicyclic) bond motifs is 3. The highest BCUT2D eigenvalue weighted by Crippen LogP contribution is 2.72. The Balaban J connectivity index is 1.44. The van der Waals surface area contributed by atoms with E-state index >= 15 is 4.79 Å². The topological polar surface area (TPSA) is 171 Å². The number of amides is 1. The van der Waals surface area contributed by atoms with E-state index in [1.807, 2.05) is 6.92 Å². The van der Waals surface area contributed by atoms with Crippen LogP contribution in [-0.4, -0.2) is 59.1 Å². The molecule has 11 heteroatoms. The van der Waals surface area contributed by atoms with E-state index in [2.05, 4.69) is 19.2 Å². The van der Waals surface area contributed by atoms with E-state index < -0.39 is 58.9 Å². The van der Waals surface area contributed by atoms with E-state index in [1.165, 1.54) is 19.1 Å². The molecular weight excluding hydrogens is 664 g/mol. The molecule has 0 unspecified atom stereocenters. The first-order valence-electron chi connectivity index (χ1n) is 17.6. The number of nitrogen functional groups attached to an aromatic ring is 1. The van der Waals surface area contributed by atoms with Crippen LogP contribution in [0.15, 0.2) is 83.5 Å². The lowest BCUT2D eigenvalue weighted by molar-refractivity contribution is -0.203. The number of allylic oxidation sites excluding steroid dienone is 2. The Morgan fingerprint density at radius 1 is 1.00 bits per heavy atom. The van der Waals surface area contributed by atoms with E-state index in [1.54, 1.807) is 75.4 Å². The number of Topliss-reactive ketones (excluding diaryl/α,β-unsaturated/α-hetero) is 1. The Bertz CT molecular complexity index is 1960. The molecule has 0 heterocycles. The smallest absolute Gasteiger partial charge is 0.340 e. The minimum atomic E-state index is -2.34. The molecule has 1 amide bonds. The van der Waals surface area contributed by atoms with Gasteiger partial charge in [-0.2, -0.15) is 0 Å². The first-order chi connectivity index (χ1) is 24.5. The third-order valence-electron chi connectivity index (χ3n) is 11.9. The second kappa shape index (κ2) is 13.2. The molecule has 2 bridgehead atoms. The van der Waals surface area contributed by atoms with Crippen molar-refractivity contribution in [1.29, 1.82) is 0 Å². The Labute approximate surface area is 303 Å². The minimum absolute atomic E-state index is 0.0204. The quantitative estimate of drug-likeness (QED) is 0.103. The summed E-state index contributed by atoms with van der Waals surface area (Å²) >= 11 is 0. The van der Waals surface area contributed by atoms with Gasteiger partial charge in [-0.05, 0) is 80.2 Å². The molecule has 2 fully saturated rings. The Hall–Kier alpha value is -5.03. The average molecular weight is 711 g/mol. The molecule has 0 radical (unpaired) electrons. The third kappa shape index (κ3) is 5.66. The number of ether oxygens (including phenoxy) is 3. The number of para-hydroxylation sites is 2. The molecule has 4 aliphatic carbocycles. The number of benzene rings is 2. The molecule has 8 atom stereocenters. The van der Waals surface area contributed by atoms with Crippen LogP contribution in [0.25, 0.3) is 0 Å². The van der Waals surface area contributed by atoms with Gasteiger partial charge in [-0.3, -0.25) is 14.4 Å². The summed E-state index contributed by atoms with van der Waals surface area (Å²) < 4.78 is 17.8. The number of nitrogens with two attached hydrogens (primary N) is 1. The van der Waals surface area contributed by atoms with Crippen LogP contribution < -0.4 is 11.1 Å². The van der Waals surface area contributed by atoms with Crippen molar-refractivity contribution in [2.75, 3.05) is 17.7 Å². The SMILES string of the molecule is C/C=C(/C)C(=O)OCC1=C[C@H]2C(=O)[C@]3(C=C(C)[C@H](OC(=O)c4ccccc4NC(=O)c4ccccc4N)[C@@]3(O)[C@@H]1OC(C)=O)[C@H](C)C[C@@H]1[C@H]2C1(C)C. The highest BCUT2D eigenvalue weighted by atomic mass is 16.6. The molecule has 2 aromatic carbocycles. The zero-order valence-electron chi connectivity index (χ0n) is 30.5. The van der Waals surface area contributed by atoms with Crippen molar-refractivity contribution in [1.82, 2.24) is 0 Å².